The fraction of sp³-hybridized carbons (Fsp3) is 0.942. The van der Waals surface area contributed by atoms with Crippen LogP contribution in [0.3, 0.4) is 0 Å². The summed E-state index contributed by atoms with van der Waals surface area (Å²) in [6.45, 7) is 9.91. The van der Waals surface area contributed by atoms with E-state index in [2.05, 4.69) is 33.8 Å². The Morgan fingerprint density at radius 3 is 1.87 bits per heavy atom. The van der Waals surface area contributed by atoms with Crippen LogP contribution in [0.15, 0.2) is 11.6 Å². The van der Waals surface area contributed by atoms with Gasteiger partial charge in [0, 0.05) is 10.8 Å². The predicted octanol–water partition coefficient (Wildman–Crippen LogP) is -2.67. The molecule has 4 heterocycles. The van der Waals surface area contributed by atoms with Crippen LogP contribution in [-0.2, 0) is 42.7 Å². The van der Waals surface area contributed by atoms with Gasteiger partial charge in [-0.15, -0.1) is 0 Å². The number of ether oxygens (including phenoxy) is 8. The molecule has 75 heavy (non-hydrogen) atoms. The number of hydrogen-bond donors (Lipinski definition) is 14. The predicted molar refractivity (Wildman–Crippen MR) is 254 cm³/mol. The number of rotatable bonds is 11. The van der Waals surface area contributed by atoms with Gasteiger partial charge in [0.2, 0.25) is 6.29 Å². The van der Waals surface area contributed by atoms with Crippen molar-refractivity contribution in [1.82, 2.24) is 0 Å². The monoisotopic (exact) mass is 1080 g/mol. The highest BCUT2D eigenvalue weighted by Crippen LogP contribution is 2.73. The normalized spacial score (nSPS) is 54.8. The van der Waals surface area contributed by atoms with Gasteiger partial charge in [-0.1, -0.05) is 40.7 Å². The Balaban J connectivity index is 0.936. The summed E-state index contributed by atoms with van der Waals surface area (Å²) in [5.74, 6) is -1.36. The van der Waals surface area contributed by atoms with Crippen molar-refractivity contribution in [2.45, 2.75) is 234 Å². The molecule has 4 aliphatic heterocycles. The van der Waals surface area contributed by atoms with E-state index in [-0.39, 0.29) is 43.3 Å². The van der Waals surface area contributed by atoms with Crippen LogP contribution in [0.4, 0.5) is 0 Å². The number of aliphatic hydroxyl groups is 14. The van der Waals surface area contributed by atoms with Crippen molar-refractivity contribution in [3.63, 3.8) is 0 Å². The van der Waals surface area contributed by atoms with Crippen LogP contribution in [0.2, 0.25) is 0 Å². The first-order chi connectivity index (χ1) is 35.2. The van der Waals surface area contributed by atoms with E-state index in [1.54, 1.807) is 0 Å². The summed E-state index contributed by atoms with van der Waals surface area (Å²) in [7, 11) is 0. The van der Waals surface area contributed by atoms with Crippen molar-refractivity contribution in [2.75, 3.05) is 26.4 Å². The summed E-state index contributed by atoms with van der Waals surface area (Å²) in [6.07, 6.45) is -24.1. The molecule has 0 radical (unpaired) electrons. The molecular weight excluding hydrogens is 993 g/mol. The third-order valence-corrected chi connectivity index (χ3v) is 20.5. The van der Waals surface area contributed by atoms with Gasteiger partial charge in [-0.3, -0.25) is 4.79 Å². The molecule has 23 heteroatoms. The molecular formula is C52H84O23. The number of carbonyl (C=O) groups is 1. The molecule has 14 N–H and O–H groups in total. The number of allylic oxidation sites excluding steroid dienone is 1. The zero-order chi connectivity index (χ0) is 54.7. The summed E-state index contributed by atoms with van der Waals surface area (Å²) >= 11 is 0. The quantitative estimate of drug-likeness (QED) is 0.0570. The van der Waals surface area contributed by atoms with E-state index in [4.69, 9.17) is 37.9 Å². The Labute approximate surface area is 436 Å². The maximum atomic E-state index is 14.7. The molecule has 4 saturated heterocycles. The minimum atomic E-state index is -1.86. The molecule has 0 aromatic rings. The molecule has 5 aliphatic carbocycles. The molecule has 0 bridgehead atoms. The maximum absolute atomic E-state index is 14.7. The van der Waals surface area contributed by atoms with Crippen LogP contribution in [0.5, 0.6) is 0 Å². The van der Waals surface area contributed by atoms with Crippen molar-refractivity contribution in [2.24, 2.45) is 44.8 Å². The number of fused-ring (bicyclic) bond motifs is 7. The van der Waals surface area contributed by atoms with Gasteiger partial charge < -0.3 is 109 Å². The lowest BCUT2D eigenvalue weighted by Crippen LogP contribution is -2.69. The van der Waals surface area contributed by atoms with Crippen molar-refractivity contribution in [3.05, 3.63) is 11.6 Å². The van der Waals surface area contributed by atoms with E-state index in [0.717, 1.165) is 5.57 Å². The van der Waals surface area contributed by atoms with Gasteiger partial charge in [0.15, 0.2) is 18.9 Å². The molecule has 9 rings (SSSR count). The molecule has 430 valence electrons. The van der Waals surface area contributed by atoms with E-state index in [9.17, 15) is 76.3 Å². The molecule has 8 fully saturated rings. The van der Waals surface area contributed by atoms with Crippen LogP contribution < -0.4 is 0 Å². The van der Waals surface area contributed by atoms with E-state index in [1.807, 2.05) is 6.92 Å². The fourth-order valence-electron chi connectivity index (χ4n) is 15.8. The zero-order valence-electron chi connectivity index (χ0n) is 43.7. The third-order valence-electron chi connectivity index (χ3n) is 20.5. The fourth-order valence-corrected chi connectivity index (χ4v) is 15.8. The van der Waals surface area contributed by atoms with E-state index in [1.165, 1.54) is 6.92 Å². The van der Waals surface area contributed by atoms with E-state index in [0.29, 0.717) is 51.4 Å². The molecule has 28 atom stereocenters. The second-order valence-electron chi connectivity index (χ2n) is 25.2. The van der Waals surface area contributed by atoms with Gasteiger partial charge in [-0.25, -0.2) is 0 Å². The molecule has 0 aromatic carbocycles. The molecule has 0 unspecified atom stereocenters. The Morgan fingerprint density at radius 2 is 1.23 bits per heavy atom. The van der Waals surface area contributed by atoms with Crippen LogP contribution in [0.25, 0.3) is 0 Å². The van der Waals surface area contributed by atoms with Gasteiger partial charge in [0.05, 0.1) is 49.7 Å². The van der Waals surface area contributed by atoms with Crippen LogP contribution in [-0.4, -0.2) is 232 Å². The maximum Gasteiger partial charge on any atom is 0.315 e. The summed E-state index contributed by atoms with van der Waals surface area (Å²) in [6, 6.07) is 0. The largest absolute Gasteiger partial charge is 0.432 e. The lowest BCUT2D eigenvalue weighted by atomic mass is 9.35. The van der Waals surface area contributed by atoms with Gasteiger partial charge in [0.1, 0.15) is 85.5 Å². The molecule has 0 spiro atoms. The standard InChI is InChI=1S/C52H84O23/c1-22-31(57)40(73-42-37(63)35(61)33(59)26(18-53)70-42)39(65)44(69-22)74-41-32(58)25(56)20-68-45(41)72-30-10-11-48(4)28(49(30,5)21-55)9-12-50(6)29(48)8-7-23-24-17-47(2,3)13-14-51(24,15-16-52(23,50)67)46(66)75-43-38(64)36(62)34(60)27(19-54)71-43/h7,22,24-45,53-65,67H,8-21H2,1-6H3/t22-,24-,25-,26+,27+,28-,29-,30-,31-,32-,33+,34+,35-,36-,37+,38+,39+,40+,41+,42-,43-,44-,45-,48-,49-,50+,51-,52-/m0/s1. The molecule has 0 amide bonds. The molecule has 0 aromatic heterocycles. The minimum Gasteiger partial charge on any atom is -0.432 e. The highest BCUT2D eigenvalue weighted by atomic mass is 16.8. The second-order valence-corrected chi connectivity index (χ2v) is 25.2. The van der Waals surface area contributed by atoms with Crippen molar-refractivity contribution >= 4 is 5.97 Å². The Kier molecular flexibility index (Phi) is 16.3. The number of esters is 1. The van der Waals surface area contributed by atoms with Crippen molar-refractivity contribution < 1.29 is 114 Å². The van der Waals surface area contributed by atoms with Gasteiger partial charge in [0.25, 0.3) is 0 Å². The molecule has 9 aliphatic rings. The van der Waals surface area contributed by atoms with Crippen LogP contribution in [0, 0.1) is 44.8 Å². The van der Waals surface area contributed by atoms with Gasteiger partial charge in [-0.05, 0) is 105 Å². The van der Waals surface area contributed by atoms with Crippen molar-refractivity contribution in [3.8, 4) is 0 Å². The zero-order valence-corrected chi connectivity index (χ0v) is 43.7. The minimum absolute atomic E-state index is 0.103. The first kappa shape index (κ1) is 58.0. The Hall–Kier alpha value is -1.63. The Morgan fingerprint density at radius 1 is 0.627 bits per heavy atom. The highest BCUT2D eigenvalue weighted by molar-refractivity contribution is 5.79. The first-order valence-electron chi connectivity index (χ1n) is 27.0. The molecule has 4 saturated carbocycles. The van der Waals surface area contributed by atoms with Crippen LogP contribution >= 0.6 is 0 Å². The topological polar surface area (TPSA) is 374 Å². The first-order valence-corrected chi connectivity index (χ1v) is 27.0. The van der Waals surface area contributed by atoms with Crippen molar-refractivity contribution in [1.29, 1.82) is 0 Å². The third kappa shape index (κ3) is 9.39. The Bertz CT molecular complexity index is 2060. The average Bonchev–Trinajstić information content (AvgIpc) is 3.37. The average molecular weight is 1080 g/mol. The van der Waals surface area contributed by atoms with E-state index < -0.39 is 175 Å². The smallest absolute Gasteiger partial charge is 0.315 e. The number of hydrogen-bond acceptors (Lipinski definition) is 23. The van der Waals surface area contributed by atoms with Gasteiger partial charge >= 0.3 is 5.97 Å². The number of aliphatic hydroxyl groups excluding tert-OH is 13. The summed E-state index contributed by atoms with van der Waals surface area (Å²) in [5, 5.41) is 153. The highest BCUT2D eigenvalue weighted by Gasteiger charge is 2.72. The number of carbonyl (C=O) groups excluding carboxylic acids is 1. The SMILES string of the molecule is C[C@@H]1O[C@@H](O[C@H]2[C@H](O[C@H]3CC[C@@]4(C)[C@H](CC[C@]5(C)[C@H]4CC=C4[C@@H]6CC(C)(C)CC[C@]6(C(=O)O[C@@H]6O[C@H](CO)[C@@H](O)[C@H](O)[C@H]6O)CC[C@]45O)[C@]3(C)CO)OC[C@H](O)[C@@H]2O)[C@H](O)[C@H](O[C@@H]2O[C@H](CO)[C@@H](O)[C@H](O)[C@H]2O)[C@H]1O. The van der Waals surface area contributed by atoms with Crippen LogP contribution in [0.1, 0.15) is 106 Å². The second kappa shape index (κ2) is 21.0. The van der Waals surface area contributed by atoms with Gasteiger partial charge in [-0.2, -0.15) is 0 Å². The summed E-state index contributed by atoms with van der Waals surface area (Å²) in [5.41, 5.74) is -3.97. The summed E-state index contributed by atoms with van der Waals surface area (Å²) in [4.78, 5) is 14.7. The lowest BCUT2D eigenvalue weighted by Gasteiger charge is -2.70. The summed E-state index contributed by atoms with van der Waals surface area (Å²) < 4.78 is 47.6. The molecule has 23 nitrogen and oxygen atoms in total. The van der Waals surface area contributed by atoms with E-state index >= 15 is 0 Å². The lowest BCUT2D eigenvalue weighted by molar-refractivity contribution is -0.383.